The number of halogens is 1. The molecule has 3 heteroatoms. The molecule has 18 heavy (non-hydrogen) atoms. The number of anilines is 1. The van der Waals surface area contributed by atoms with Gasteiger partial charge in [-0.25, -0.2) is 4.98 Å². The normalized spacial score (nSPS) is 10.4. The predicted octanol–water partition coefficient (Wildman–Crippen LogP) is 3.76. The van der Waals surface area contributed by atoms with Gasteiger partial charge in [-0.2, -0.15) is 4.39 Å². The lowest BCUT2D eigenvalue weighted by Gasteiger charge is -2.11. The van der Waals surface area contributed by atoms with Gasteiger partial charge in [0, 0.05) is 6.54 Å². The summed E-state index contributed by atoms with van der Waals surface area (Å²) in [5.41, 5.74) is 5.01. The second kappa shape index (κ2) is 5.17. The van der Waals surface area contributed by atoms with Crippen LogP contribution in [-0.2, 0) is 6.54 Å². The van der Waals surface area contributed by atoms with Gasteiger partial charge in [0.05, 0.1) is 0 Å². The molecule has 0 bridgehead atoms. The molecule has 1 aromatic carbocycles. The number of pyridine rings is 1. The molecule has 0 radical (unpaired) electrons. The quantitative estimate of drug-likeness (QED) is 0.831. The average Bonchev–Trinajstić information content (AvgIpc) is 2.32. The lowest BCUT2D eigenvalue weighted by atomic mass is 10.0. The van der Waals surface area contributed by atoms with E-state index in [2.05, 4.69) is 43.2 Å². The summed E-state index contributed by atoms with van der Waals surface area (Å²) in [6.07, 6.45) is 0. The van der Waals surface area contributed by atoms with Crippen molar-refractivity contribution in [1.29, 1.82) is 0 Å². The minimum atomic E-state index is -0.461. The molecule has 1 heterocycles. The van der Waals surface area contributed by atoms with Gasteiger partial charge in [-0.15, -0.1) is 0 Å². The van der Waals surface area contributed by atoms with Crippen LogP contribution in [0.5, 0.6) is 0 Å². The molecule has 2 aromatic rings. The van der Waals surface area contributed by atoms with Gasteiger partial charge in [-0.05, 0) is 55.2 Å². The number of aromatic nitrogens is 1. The van der Waals surface area contributed by atoms with E-state index < -0.39 is 5.95 Å². The average molecular weight is 244 g/mol. The zero-order chi connectivity index (χ0) is 13.1. The molecular weight excluding hydrogens is 227 g/mol. The smallest absolute Gasteiger partial charge is 0.214 e. The molecule has 0 aliphatic heterocycles. The van der Waals surface area contributed by atoms with Crippen LogP contribution in [-0.4, -0.2) is 4.98 Å². The van der Waals surface area contributed by atoms with Crippen LogP contribution >= 0.6 is 0 Å². The van der Waals surface area contributed by atoms with E-state index >= 15 is 0 Å². The monoisotopic (exact) mass is 244 g/mol. The van der Waals surface area contributed by atoms with Crippen LogP contribution in [0, 0.1) is 26.7 Å². The first-order chi connectivity index (χ1) is 8.56. The molecule has 0 unspecified atom stereocenters. The highest BCUT2D eigenvalue weighted by atomic mass is 19.1. The van der Waals surface area contributed by atoms with Gasteiger partial charge in [-0.3, -0.25) is 0 Å². The molecular formula is C15H17FN2. The topological polar surface area (TPSA) is 24.9 Å². The highest BCUT2D eigenvalue weighted by Gasteiger charge is 2.02. The molecule has 0 saturated heterocycles. The Labute approximate surface area is 107 Å². The van der Waals surface area contributed by atoms with Crippen LogP contribution in [0.2, 0.25) is 0 Å². The molecule has 0 atom stereocenters. The Kier molecular flexibility index (Phi) is 3.60. The van der Waals surface area contributed by atoms with Crippen LogP contribution in [0.4, 0.5) is 10.2 Å². The highest BCUT2D eigenvalue weighted by Crippen LogP contribution is 2.16. The molecule has 0 saturated carbocycles. The Hall–Kier alpha value is -1.90. The Balaban J connectivity index is 2.13. The first kappa shape index (κ1) is 12.6. The van der Waals surface area contributed by atoms with Crippen molar-refractivity contribution in [3.05, 3.63) is 58.5 Å². The largest absolute Gasteiger partial charge is 0.366 e. The molecule has 0 amide bonds. The maximum Gasteiger partial charge on any atom is 0.214 e. The Morgan fingerprint density at radius 1 is 1.06 bits per heavy atom. The summed E-state index contributed by atoms with van der Waals surface area (Å²) in [5, 5.41) is 3.14. The second-order valence-corrected chi connectivity index (χ2v) is 4.56. The number of aryl methyl sites for hydroxylation is 3. The Morgan fingerprint density at radius 3 is 2.50 bits per heavy atom. The van der Waals surface area contributed by atoms with Crippen molar-refractivity contribution in [3.8, 4) is 0 Å². The minimum Gasteiger partial charge on any atom is -0.366 e. The van der Waals surface area contributed by atoms with E-state index in [0.29, 0.717) is 12.4 Å². The third-order valence-corrected chi connectivity index (χ3v) is 3.13. The van der Waals surface area contributed by atoms with Crippen LogP contribution in [0.3, 0.4) is 0 Å². The van der Waals surface area contributed by atoms with Gasteiger partial charge in [0.25, 0.3) is 0 Å². The van der Waals surface area contributed by atoms with E-state index in [0.717, 1.165) is 0 Å². The molecule has 2 nitrogen and oxygen atoms in total. The van der Waals surface area contributed by atoms with E-state index in [9.17, 15) is 4.39 Å². The second-order valence-electron chi connectivity index (χ2n) is 4.56. The van der Waals surface area contributed by atoms with Gasteiger partial charge in [0.2, 0.25) is 5.95 Å². The maximum atomic E-state index is 12.9. The molecule has 0 spiro atoms. The molecule has 94 valence electrons. The number of nitrogens with one attached hydrogen (secondary N) is 1. The molecule has 1 aromatic heterocycles. The third kappa shape index (κ3) is 2.86. The van der Waals surface area contributed by atoms with Crippen molar-refractivity contribution in [2.24, 2.45) is 0 Å². The Morgan fingerprint density at radius 2 is 1.78 bits per heavy atom. The summed E-state index contributed by atoms with van der Waals surface area (Å²) in [6.45, 7) is 6.94. The zero-order valence-corrected chi connectivity index (χ0v) is 10.9. The van der Waals surface area contributed by atoms with Gasteiger partial charge < -0.3 is 5.32 Å². The van der Waals surface area contributed by atoms with Crippen LogP contribution in [0.25, 0.3) is 0 Å². The van der Waals surface area contributed by atoms with E-state index in [-0.39, 0.29) is 0 Å². The highest BCUT2D eigenvalue weighted by molar-refractivity contribution is 5.40. The van der Waals surface area contributed by atoms with Crippen molar-refractivity contribution < 1.29 is 4.39 Å². The summed E-state index contributed by atoms with van der Waals surface area (Å²) < 4.78 is 12.9. The SMILES string of the molecule is Cc1cc(C)c(CNc2cccc(F)n2)cc1C. The standard InChI is InChI=1S/C15H17FN2/c1-10-7-12(3)13(8-11(10)2)9-17-15-6-4-5-14(16)18-15/h4-8H,9H2,1-3H3,(H,17,18). The molecule has 0 aliphatic carbocycles. The number of hydrogen-bond donors (Lipinski definition) is 1. The van der Waals surface area contributed by atoms with E-state index in [1.807, 2.05) is 0 Å². The molecule has 2 rings (SSSR count). The van der Waals surface area contributed by atoms with Crippen molar-refractivity contribution in [2.75, 3.05) is 5.32 Å². The first-order valence-electron chi connectivity index (χ1n) is 5.99. The summed E-state index contributed by atoms with van der Waals surface area (Å²) in [7, 11) is 0. The fraction of sp³-hybridized carbons (Fsp3) is 0.267. The van der Waals surface area contributed by atoms with E-state index in [4.69, 9.17) is 0 Å². The molecule has 0 fully saturated rings. The maximum absolute atomic E-state index is 12.9. The van der Waals surface area contributed by atoms with Crippen molar-refractivity contribution in [2.45, 2.75) is 27.3 Å². The van der Waals surface area contributed by atoms with Crippen LogP contribution in [0.15, 0.2) is 30.3 Å². The fourth-order valence-electron chi connectivity index (χ4n) is 1.90. The van der Waals surface area contributed by atoms with Crippen molar-refractivity contribution in [1.82, 2.24) is 4.98 Å². The fourth-order valence-corrected chi connectivity index (χ4v) is 1.90. The summed E-state index contributed by atoms with van der Waals surface area (Å²) in [4.78, 5) is 3.78. The minimum absolute atomic E-state index is 0.461. The van der Waals surface area contributed by atoms with Gasteiger partial charge in [0.1, 0.15) is 5.82 Å². The van der Waals surface area contributed by atoms with Crippen LogP contribution in [0.1, 0.15) is 22.3 Å². The summed E-state index contributed by atoms with van der Waals surface area (Å²) in [5.74, 6) is 0.101. The van der Waals surface area contributed by atoms with Crippen LogP contribution < -0.4 is 5.32 Å². The van der Waals surface area contributed by atoms with Crippen molar-refractivity contribution in [3.63, 3.8) is 0 Å². The number of nitrogens with zero attached hydrogens (tertiary/aromatic N) is 1. The van der Waals surface area contributed by atoms with Gasteiger partial charge in [0.15, 0.2) is 0 Å². The Bertz CT molecular complexity index is 564. The zero-order valence-electron chi connectivity index (χ0n) is 10.9. The number of benzene rings is 1. The predicted molar refractivity (Wildman–Crippen MR) is 72.2 cm³/mol. The van der Waals surface area contributed by atoms with E-state index in [1.165, 1.54) is 28.3 Å². The van der Waals surface area contributed by atoms with E-state index in [1.54, 1.807) is 12.1 Å². The van der Waals surface area contributed by atoms with Gasteiger partial charge in [-0.1, -0.05) is 18.2 Å². The lowest BCUT2D eigenvalue weighted by molar-refractivity contribution is 0.585. The summed E-state index contributed by atoms with van der Waals surface area (Å²) in [6, 6.07) is 9.09. The molecule has 1 N–H and O–H groups in total. The number of rotatable bonds is 3. The third-order valence-electron chi connectivity index (χ3n) is 3.13. The van der Waals surface area contributed by atoms with Crippen molar-refractivity contribution >= 4 is 5.82 Å². The lowest BCUT2D eigenvalue weighted by Crippen LogP contribution is -2.04. The first-order valence-corrected chi connectivity index (χ1v) is 5.99. The van der Waals surface area contributed by atoms with Gasteiger partial charge >= 0.3 is 0 Å². The molecule has 0 aliphatic rings. The number of hydrogen-bond acceptors (Lipinski definition) is 2. The summed E-state index contributed by atoms with van der Waals surface area (Å²) >= 11 is 0.